The smallest absolute Gasteiger partial charge is 0.226 e. The van der Waals surface area contributed by atoms with Crippen LogP contribution in [0.25, 0.3) is 0 Å². The Morgan fingerprint density at radius 1 is 1.38 bits per heavy atom. The van der Waals surface area contributed by atoms with Crippen molar-refractivity contribution in [1.29, 1.82) is 0 Å². The molecule has 0 saturated carbocycles. The molecule has 2 heterocycles. The van der Waals surface area contributed by atoms with Crippen molar-refractivity contribution in [2.24, 2.45) is 0 Å². The van der Waals surface area contributed by atoms with Crippen molar-refractivity contribution >= 4 is 5.95 Å². The van der Waals surface area contributed by atoms with E-state index in [9.17, 15) is 0 Å². The van der Waals surface area contributed by atoms with Gasteiger partial charge in [0.05, 0.1) is 0 Å². The first-order valence-electron chi connectivity index (χ1n) is 6.00. The first-order valence-corrected chi connectivity index (χ1v) is 6.00. The van der Waals surface area contributed by atoms with E-state index in [2.05, 4.69) is 27.1 Å². The number of nitrogens with one attached hydrogen (secondary N) is 1. The van der Waals surface area contributed by atoms with Gasteiger partial charge in [0.2, 0.25) is 5.95 Å². The van der Waals surface area contributed by atoms with Gasteiger partial charge in [0.15, 0.2) is 0 Å². The highest BCUT2D eigenvalue weighted by Crippen LogP contribution is 2.16. The van der Waals surface area contributed by atoms with Gasteiger partial charge in [0.25, 0.3) is 0 Å². The van der Waals surface area contributed by atoms with Gasteiger partial charge in [-0.05, 0) is 26.3 Å². The van der Waals surface area contributed by atoms with Gasteiger partial charge in [-0.1, -0.05) is 6.92 Å². The van der Waals surface area contributed by atoms with E-state index >= 15 is 0 Å². The summed E-state index contributed by atoms with van der Waals surface area (Å²) in [4.78, 5) is 11.4. The minimum atomic E-state index is 0.523. The lowest BCUT2D eigenvalue weighted by atomic mass is 10.1. The van der Waals surface area contributed by atoms with Crippen LogP contribution in [0.3, 0.4) is 0 Å². The zero-order valence-electron chi connectivity index (χ0n) is 10.3. The highest BCUT2D eigenvalue weighted by atomic mass is 15.3. The molecule has 0 radical (unpaired) electrons. The lowest BCUT2D eigenvalue weighted by Crippen LogP contribution is -2.51. The van der Waals surface area contributed by atoms with Gasteiger partial charge in [0, 0.05) is 37.1 Å². The number of anilines is 1. The Morgan fingerprint density at radius 2 is 2.06 bits per heavy atom. The maximum absolute atomic E-state index is 4.54. The predicted octanol–water partition coefficient (Wildman–Crippen LogP) is 1.28. The monoisotopic (exact) mass is 220 g/mol. The average molecular weight is 220 g/mol. The molecule has 1 aromatic rings. The lowest BCUT2D eigenvalue weighted by Gasteiger charge is -2.35. The quantitative estimate of drug-likeness (QED) is 0.815. The Morgan fingerprint density at radius 3 is 2.69 bits per heavy atom. The van der Waals surface area contributed by atoms with Crippen LogP contribution in [0.2, 0.25) is 0 Å². The highest BCUT2D eigenvalue weighted by molar-refractivity contribution is 5.34. The standard InChI is InChI=1S/C12H20N4/c1-4-11-8-13-5-6-16(11)12-14-9(2)7-10(3)15-12/h7,11,13H,4-6,8H2,1-3H3. The second kappa shape index (κ2) is 4.78. The first-order chi connectivity index (χ1) is 7.70. The summed E-state index contributed by atoms with van der Waals surface area (Å²) in [6.07, 6.45) is 1.13. The van der Waals surface area contributed by atoms with Crippen LogP contribution in [0.15, 0.2) is 6.07 Å². The van der Waals surface area contributed by atoms with E-state index in [0.717, 1.165) is 43.4 Å². The Bertz CT molecular complexity index is 344. The van der Waals surface area contributed by atoms with Crippen molar-refractivity contribution in [3.8, 4) is 0 Å². The Kier molecular flexibility index (Phi) is 3.39. The summed E-state index contributed by atoms with van der Waals surface area (Å²) in [5.74, 6) is 0.894. The van der Waals surface area contributed by atoms with Crippen LogP contribution in [-0.4, -0.2) is 35.6 Å². The van der Waals surface area contributed by atoms with Crippen LogP contribution >= 0.6 is 0 Å². The molecule has 0 aromatic carbocycles. The lowest BCUT2D eigenvalue weighted by molar-refractivity contribution is 0.459. The Balaban J connectivity index is 2.26. The minimum absolute atomic E-state index is 0.523. The molecule has 0 bridgehead atoms. The summed E-state index contributed by atoms with van der Waals surface area (Å²) in [5, 5.41) is 3.42. The summed E-state index contributed by atoms with van der Waals surface area (Å²) in [5.41, 5.74) is 2.10. The van der Waals surface area contributed by atoms with E-state index in [1.54, 1.807) is 0 Å². The average Bonchev–Trinajstić information content (AvgIpc) is 2.27. The van der Waals surface area contributed by atoms with Crippen molar-refractivity contribution in [3.63, 3.8) is 0 Å². The van der Waals surface area contributed by atoms with Crippen molar-refractivity contribution in [3.05, 3.63) is 17.5 Å². The highest BCUT2D eigenvalue weighted by Gasteiger charge is 2.22. The van der Waals surface area contributed by atoms with Gasteiger partial charge < -0.3 is 10.2 Å². The third-order valence-corrected chi connectivity index (χ3v) is 3.05. The number of aromatic nitrogens is 2. The van der Waals surface area contributed by atoms with Gasteiger partial charge in [-0.3, -0.25) is 0 Å². The fourth-order valence-corrected chi connectivity index (χ4v) is 2.22. The van der Waals surface area contributed by atoms with Crippen molar-refractivity contribution in [2.45, 2.75) is 33.2 Å². The molecule has 1 unspecified atom stereocenters. The molecule has 4 heteroatoms. The van der Waals surface area contributed by atoms with Gasteiger partial charge in [-0.25, -0.2) is 9.97 Å². The molecule has 1 atom stereocenters. The molecule has 88 valence electrons. The number of hydrogen-bond donors (Lipinski definition) is 1. The molecule has 0 aliphatic carbocycles. The molecule has 1 saturated heterocycles. The van der Waals surface area contributed by atoms with Crippen LogP contribution in [-0.2, 0) is 0 Å². The molecule has 1 aromatic heterocycles. The number of nitrogens with zero attached hydrogens (tertiary/aromatic N) is 3. The van der Waals surface area contributed by atoms with Crippen LogP contribution in [0.5, 0.6) is 0 Å². The molecule has 1 aliphatic rings. The normalized spacial score (nSPS) is 21.2. The van der Waals surface area contributed by atoms with Crippen molar-refractivity contribution in [1.82, 2.24) is 15.3 Å². The topological polar surface area (TPSA) is 41.0 Å². The molecule has 0 spiro atoms. The second-order valence-corrected chi connectivity index (χ2v) is 4.41. The van der Waals surface area contributed by atoms with Gasteiger partial charge in [-0.15, -0.1) is 0 Å². The minimum Gasteiger partial charge on any atom is -0.335 e. The van der Waals surface area contributed by atoms with Crippen molar-refractivity contribution in [2.75, 3.05) is 24.5 Å². The predicted molar refractivity (Wildman–Crippen MR) is 65.8 cm³/mol. The summed E-state index contributed by atoms with van der Waals surface area (Å²) >= 11 is 0. The number of aryl methyl sites for hydroxylation is 2. The largest absolute Gasteiger partial charge is 0.335 e. The van der Waals surface area contributed by atoms with E-state index in [1.165, 1.54) is 0 Å². The van der Waals surface area contributed by atoms with Gasteiger partial charge >= 0.3 is 0 Å². The zero-order valence-corrected chi connectivity index (χ0v) is 10.3. The van der Waals surface area contributed by atoms with Crippen LogP contribution < -0.4 is 10.2 Å². The van der Waals surface area contributed by atoms with Crippen LogP contribution in [0.1, 0.15) is 24.7 Å². The van der Waals surface area contributed by atoms with Crippen molar-refractivity contribution < 1.29 is 0 Å². The fraction of sp³-hybridized carbons (Fsp3) is 0.667. The van der Waals surface area contributed by atoms with Gasteiger partial charge in [0.1, 0.15) is 0 Å². The van der Waals surface area contributed by atoms with E-state index in [1.807, 2.05) is 19.9 Å². The molecule has 4 nitrogen and oxygen atoms in total. The summed E-state index contributed by atoms with van der Waals surface area (Å²) < 4.78 is 0. The summed E-state index contributed by atoms with van der Waals surface area (Å²) in [6.45, 7) is 9.33. The Labute approximate surface area is 97.1 Å². The first kappa shape index (κ1) is 11.3. The van der Waals surface area contributed by atoms with E-state index < -0.39 is 0 Å². The van der Waals surface area contributed by atoms with Crippen LogP contribution in [0, 0.1) is 13.8 Å². The number of hydrogen-bond acceptors (Lipinski definition) is 4. The molecule has 0 amide bonds. The molecule has 1 aliphatic heterocycles. The molecule has 2 rings (SSSR count). The maximum atomic E-state index is 4.54. The van der Waals surface area contributed by atoms with Crippen LogP contribution in [0.4, 0.5) is 5.95 Å². The third kappa shape index (κ3) is 2.32. The third-order valence-electron chi connectivity index (χ3n) is 3.05. The molecule has 1 N–H and O–H groups in total. The Hall–Kier alpha value is -1.16. The number of piperazine rings is 1. The number of rotatable bonds is 2. The molecular weight excluding hydrogens is 200 g/mol. The second-order valence-electron chi connectivity index (χ2n) is 4.41. The van der Waals surface area contributed by atoms with E-state index in [0.29, 0.717) is 6.04 Å². The SMILES string of the molecule is CCC1CNCCN1c1nc(C)cc(C)n1. The van der Waals surface area contributed by atoms with E-state index in [4.69, 9.17) is 0 Å². The zero-order chi connectivity index (χ0) is 11.5. The summed E-state index contributed by atoms with van der Waals surface area (Å²) in [7, 11) is 0. The molecule has 16 heavy (non-hydrogen) atoms. The fourth-order valence-electron chi connectivity index (χ4n) is 2.22. The van der Waals surface area contributed by atoms with E-state index in [-0.39, 0.29) is 0 Å². The maximum Gasteiger partial charge on any atom is 0.226 e. The molecule has 1 fully saturated rings. The molecular formula is C12H20N4. The van der Waals surface area contributed by atoms with Gasteiger partial charge in [-0.2, -0.15) is 0 Å². The summed E-state index contributed by atoms with van der Waals surface area (Å²) in [6, 6.07) is 2.54.